The first kappa shape index (κ1) is 30.1. The zero-order chi connectivity index (χ0) is 26.4. The van der Waals surface area contributed by atoms with Crippen LogP contribution in [-0.4, -0.2) is 37.4 Å². The third-order valence-corrected chi connectivity index (χ3v) is 5.74. The van der Waals surface area contributed by atoms with Crippen molar-refractivity contribution < 1.29 is 28.9 Å². The average Bonchev–Trinajstić information content (AvgIpc) is 2.79. The van der Waals surface area contributed by atoms with Gasteiger partial charge in [0.25, 0.3) is 0 Å². The van der Waals surface area contributed by atoms with Gasteiger partial charge in [-0.05, 0) is 52.0 Å². The average molecular weight is 608 g/mol. The molecule has 0 unspecified atom stereocenters. The maximum Gasteiger partial charge on any atom is 0.310 e. The second-order valence-corrected chi connectivity index (χ2v) is 8.52. The summed E-state index contributed by atoms with van der Waals surface area (Å²) in [4.78, 5) is 22.2. The van der Waals surface area contributed by atoms with Crippen molar-refractivity contribution in [1.29, 1.82) is 0 Å². The lowest BCUT2D eigenvalue weighted by molar-refractivity contribution is -0.140. The van der Waals surface area contributed by atoms with Crippen LogP contribution in [0.5, 0.6) is 11.5 Å². The summed E-state index contributed by atoms with van der Waals surface area (Å²) in [5.41, 5.74) is 3.07. The Hall–Kier alpha value is -2.94. The number of esters is 1. The van der Waals surface area contributed by atoms with E-state index in [1.807, 2.05) is 26.0 Å². The van der Waals surface area contributed by atoms with E-state index in [0.717, 1.165) is 21.2 Å². The lowest BCUT2D eigenvalue weighted by Crippen LogP contribution is -2.08. The second-order valence-electron chi connectivity index (χ2n) is 6.81. The highest BCUT2D eigenvalue weighted by Crippen LogP contribution is 2.30. The van der Waals surface area contributed by atoms with E-state index in [9.17, 15) is 9.59 Å². The summed E-state index contributed by atoms with van der Waals surface area (Å²) in [5.74, 6) is 11.6. The van der Waals surface area contributed by atoms with Gasteiger partial charge in [0.2, 0.25) is 0 Å². The molecule has 35 heavy (non-hydrogen) atoms. The number of benzene rings is 2. The molecule has 2 aromatic rings. The molecule has 0 aliphatic heterocycles. The van der Waals surface area contributed by atoms with E-state index in [-0.39, 0.29) is 18.8 Å². The molecule has 0 aliphatic rings. The van der Waals surface area contributed by atoms with Gasteiger partial charge in [-0.1, -0.05) is 43.7 Å². The zero-order valence-electron chi connectivity index (χ0n) is 20.4. The molecular weight excluding hydrogens is 580 g/mol. The Bertz CT molecular complexity index is 1170. The highest BCUT2D eigenvalue weighted by molar-refractivity contribution is 9.10. The third-order valence-electron chi connectivity index (χ3n) is 4.32. The van der Waals surface area contributed by atoms with E-state index in [1.54, 1.807) is 26.0 Å². The van der Waals surface area contributed by atoms with Gasteiger partial charge < -0.3 is 19.3 Å². The third kappa shape index (κ3) is 10.1. The first-order valence-electron chi connectivity index (χ1n) is 10.7. The number of ether oxygens (including phenoxy) is 3. The van der Waals surface area contributed by atoms with E-state index < -0.39 is 5.97 Å². The van der Waals surface area contributed by atoms with Gasteiger partial charge in [0, 0.05) is 31.2 Å². The number of aliphatic carboxylic acids is 1. The second kappa shape index (κ2) is 15.9. The molecule has 0 aromatic heterocycles. The molecule has 0 saturated heterocycles. The Kier molecular flexibility index (Phi) is 13.6. The Morgan fingerprint density at radius 2 is 1.26 bits per heavy atom. The van der Waals surface area contributed by atoms with Gasteiger partial charge in [0.1, 0.15) is 11.5 Å². The largest absolute Gasteiger partial charge is 0.493 e. The van der Waals surface area contributed by atoms with Crippen molar-refractivity contribution in [2.45, 2.75) is 40.5 Å². The Labute approximate surface area is 223 Å². The van der Waals surface area contributed by atoms with E-state index in [0.29, 0.717) is 34.7 Å². The van der Waals surface area contributed by atoms with Gasteiger partial charge in [0.05, 0.1) is 33.2 Å². The number of carboxylic acid groups (broad SMARTS) is 1. The van der Waals surface area contributed by atoms with Crippen LogP contribution in [0.3, 0.4) is 0 Å². The predicted octanol–water partition coefficient (Wildman–Crippen LogP) is 5.78. The van der Waals surface area contributed by atoms with E-state index in [1.165, 1.54) is 7.11 Å². The van der Waals surface area contributed by atoms with Crippen LogP contribution in [0.4, 0.5) is 0 Å². The van der Waals surface area contributed by atoms with Gasteiger partial charge in [-0.2, -0.15) is 0 Å². The summed E-state index contributed by atoms with van der Waals surface area (Å²) in [7, 11) is 1.37. The molecule has 0 saturated carbocycles. The monoisotopic (exact) mass is 606 g/mol. The molecule has 0 heterocycles. The Morgan fingerprint density at radius 1 is 0.829 bits per heavy atom. The summed E-state index contributed by atoms with van der Waals surface area (Å²) < 4.78 is 17.2. The van der Waals surface area contributed by atoms with Gasteiger partial charge in [-0.25, -0.2) is 0 Å². The number of hydrogen-bond donors (Lipinski definition) is 1. The Morgan fingerprint density at radius 3 is 1.60 bits per heavy atom. The summed E-state index contributed by atoms with van der Waals surface area (Å²) in [5, 5.41) is 8.85. The van der Waals surface area contributed by atoms with Crippen LogP contribution in [0, 0.1) is 23.7 Å². The molecular formula is C27H28Br2O6. The highest BCUT2D eigenvalue weighted by atomic mass is 79.9. The standard InChI is InChI=1S/C14H15BrO3.C13H13BrO3/c1-4-6-10-7-12(15)11(9-14(16)17-3)13(8-10)18-5-2;1-3-5-9-6-11(14)10(8-13(15)16)12(7-9)17-4-2/h7-8H,5,9H2,1-3H3;6-7H,4,8H2,1-2H3,(H,15,16). The topological polar surface area (TPSA) is 82.1 Å². The highest BCUT2D eigenvalue weighted by Gasteiger charge is 2.15. The number of methoxy groups -OCH3 is 1. The molecule has 0 radical (unpaired) electrons. The van der Waals surface area contributed by atoms with Gasteiger partial charge in [-0.15, -0.1) is 11.8 Å². The van der Waals surface area contributed by atoms with Crippen LogP contribution in [0.25, 0.3) is 0 Å². The summed E-state index contributed by atoms with van der Waals surface area (Å²) >= 11 is 6.80. The van der Waals surface area contributed by atoms with E-state index in [4.69, 9.17) is 14.6 Å². The molecule has 0 spiro atoms. The maximum absolute atomic E-state index is 11.4. The number of rotatable bonds is 8. The molecule has 1 N–H and O–H groups in total. The molecule has 0 bridgehead atoms. The van der Waals surface area contributed by atoms with Gasteiger partial charge >= 0.3 is 11.9 Å². The minimum atomic E-state index is -0.888. The maximum atomic E-state index is 11.4. The van der Waals surface area contributed by atoms with Crippen molar-refractivity contribution in [3.8, 4) is 35.2 Å². The number of hydrogen-bond acceptors (Lipinski definition) is 5. The number of carbonyl (C=O) groups excluding carboxylic acids is 1. The first-order chi connectivity index (χ1) is 16.7. The van der Waals surface area contributed by atoms with Crippen LogP contribution in [0.2, 0.25) is 0 Å². The van der Waals surface area contributed by atoms with Gasteiger partial charge in [0.15, 0.2) is 0 Å². The minimum absolute atomic E-state index is 0.0737. The van der Waals surface area contributed by atoms with E-state index >= 15 is 0 Å². The minimum Gasteiger partial charge on any atom is -0.493 e. The van der Waals surface area contributed by atoms with Crippen LogP contribution < -0.4 is 9.47 Å². The fraction of sp³-hybridized carbons (Fsp3) is 0.333. The molecule has 0 atom stereocenters. The Balaban J connectivity index is 0.000000351. The summed E-state index contributed by atoms with van der Waals surface area (Å²) in [6.07, 6.45) is 0.0992. The van der Waals surface area contributed by atoms with Crippen LogP contribution in [0.15, 0.2) is 33.2 Å². The number of halogens is 2. The molecule has 0 amide bonds. The van der Waals surface area contributed by atoms with E-state index in [2.05, 4.69) is 60.3 Å². The smallest absolute Gasteiger partial charge is 0.310 e. The fourth-order valence-electron chi connectivity index (χ4n) is 2.94. The SMILES string of the molecule is CC#Cc1cc(Br)c(CC(=O)O)c(OCC)c1.CC#Cc1cc(Br)c(CC(=O)OC)c(OCC)c1. The fourth-order valence-corrected chi connectivity index (χ4v) is 4.10. The van der Waals surface area contributed by atoms with Crippen LogP contribution in [-0.2, 0) is 27.2 Å². The molecule has 0 aliphatic carbocycles. The first-order valence-corrected chi connectivity index (χ1v) is 12.3. The normalized spacial score (nSPS) is 9.34. The number of carboxylic acids is 1. The molecule has 2 rings (SSSR count). The molecule has 8 heteroatoms. The van der Waals surface area contributed by atoms with Gasteiger partial charge in [-0.3, -0.25) is 9.59 Å². The zero-order valence-corrected chi connectivity index (χ0v) is 23.6. The van der Waals surface area contributed by atoms with Crippen LogP contribution in [0.1, 0.15) is 49.9 Å². The summed E-state index contributed by atoms with van der Waals surface area (Å²) in [6, 6.07) is 7.28. The van der Waals surface area contributed by atoms with Crippen molar-refractivity contribution in [2.24, 2.45) is 0 Å². The lowest BCUT2D eigenvalue weighted by atomic mass is 10.1. The van der Waals surface area contributed by atoms with Crippen molar-refractivity contribution in [3.05, 3.63) is 55.5 Å². The molecule has 6 nitrogen and oxygen atoms in total. The quantitative estimate of drug-likeness (QED) is 0.303. The van der Waals surface area contributed by atoms with Crippen molar-refractivity contribution in [2.75, 3.05) is 20.3 Å². The molecule has 0 fully saturated rings. The molecule has 2 aromatic carbocycles. The van der Waals surface area contributed by atoms with Crippen LogP contribution >= 0.6 is 31.9 Å². The summed E-state index contributed by atoms with van der Waals surface area (Å²) in [6.45, 7) is 8.30. The number of carbonyl (C=O) groups is 2. The van der Waals surface area contributed by atoms with Crippen molar-refractivity contribution in [1.82, 2.24) is 0 Å². The van der Waals surface area contributed by atoms with Crippen molar-refractivity contribution >= 4 is 43.8 Å². The van der Waals surface area contributed by atoms with Crippen molar-refractivity contribution in [3.63, 3.8) is 0 Å². The molecule has 186 valence electrons. The predicted molar refractivity (Wildman–Crippen MR) is 143 cm³/mol. The lowest BCUT2D eigenvalue weighted by Gasteiger charge is -2.12.